The van der Waals surface area contributed by atoms with E-state index in [2.05, 4.69) is 243 Å². The van der Waals surface area contributed by atoms with Crippen LogP contribution in [0.4, 0.5) is 0 Å². The molecule has 0 aromatic heterocycles. The van der Waals surface area contributed by atoms with Crippen molar-refractivity contribution in [3.05, 3.63) is 243 Å². The van der Waals surface area contributed by atoms with Gasteiger partial charge < -0.3 is 0 Å². The monoisotopic (exact) mass is 852 g/mol. The van der Waals surface area contributed by atoms with E-state index in [1.54, 1.807) is 0 Å². The van der Waals surface area contributed by atoms with E-state index in [1.807, 2.05) is 14.4 Å². The van der Waals surface area contributed by atoms with Crippen LogP contribution in [0.2, 0.25) is 0 Å². The third-order valence-corrected chi connectivity index (χ3v) is 24.4. The van der Waals surface area contributed by atoms with Crippen LogP contribution in [0, 0.1) is 0 Å². The maximum absolute atomic E-state index is 2.40. The molecule has 2 unspecified atom stereocenters. The quantitative estimate of drug-likeness (QED) is 0.0671. The molecule has 8 aromatic carbocycles. The van der Waals surface area contributed by atoms with Crippen LogP contribution in [0.5, 0.6) is 0 Å². The van der Waals surface area contributed by atoms with E-state index in [4.69, 9.17) is 0 Å². The van der Waals surface area contributed by atoms with Gasteiger partial charge in [-0.05, 0) is 0 Å². The van der Waals surface area contributed by atoms with Crippen LogP contribution in [-0.2, 0) is 14.4 Å². The molecular weight excluding hydrogens is 807 g/mol. The van der Waals surface area contributed by atoms with E-state index in [0.717, 1.165) is 12.3 Å². The van der Waals surface area contributed by atoms with Crippen molar-refractivity contribution < 1.29 is 14.4 Å². The second kappa shape index (κ2) is 20.6. The molecule has 0 N–H and O–H groups in total. The van der Waals surface area contributed by atoms with Gasteiger partial charge in [-0.15, -0.1) is 0 Å². The van der Waals surface area contributed by atoms with Crippen molar-refractivity contribution in [1.29, 1.82) is 0 Å². The van der Waals surface area contributed by atoms with Crippen molar-refractivity contribution in [3.63, 3.8) is 0 Å². The molecule has 0 aliphatic rings. The number of hydrogen-bond acceptors (Lipinski definition) is 0. The molecule has 0 saturated carbocycles. The molecule has 284 valence electrons. The Bertz CT molecular complexity index is 2010. The first-order valence-electron chi connectivity index (χ1n) is 19.4. The van der Waals surface area contributed by atoms with Crippen molar-refractivity contribution in [2.45, 2.75) is 9.26 Å². The summed E-state index contributed by atoms with van der Waals surface area (Å²) in [5.74, 6) is 0. The molecule has 0 radical (unpaired) electrons. The fourth-order valence-corrected chi connectivity index (χ4v) is 23.7. The predicted molar refractivity (Wildman–Crippen MR) is 254 cm³/mol. The third kappa shape index (κ3) is 10.4. The van der Waals surface area contributed by atoms with E-state index in [0.29, 0.717) is 9.26 Å². The van der Waals surface area contributed by atoms with E-state index in [1.165, 1.54) is 42.4 Å². The van der Waals surface area contributed by atoms with Crippen molar-refractivity contribution in [2.75, 3.05) is 12.3 Å². The predicted octanol–water partition coefficient (Wildman–Crippen LogP) is 10.3. The summed E-state index contributed by atoms with van der Waals surface area (Å²) in [5.41, 5.74) is 0. The van der Waals surface area contributed by atoms with E-state index in [-0.39, 0.29) is 0 Å². The molecule has 0 spiro atoms. The zero-order valence-corrected chi connectivity index (χ0v) is 36.3. The fraction of sp³-hybridized carbons (Fsp3) is 0.0769. The van der Waals surface area contributed by atoms with Crippen LogP contribution in [0.1, 0.15) is 0 Å². The average Bonchev–Trinajstić information content (AvgIpc) is 3.30. The summed E-state index contributed by atoms with van der Waals surface area (Å²) < 4.78 is 0.712. The molecule has 0 nitrogen and oxygen atoms in total. The van der Waals surface area contributed by atoms with Crippen LogP contribution in [0.3, 0.4) is 0 Å². The average molecular weight is 854 g/mol. The van der Waals surface area contributed by atoms with E-state index in [9.17, 15) is 0 Å². The summed E-state index contributed by atoms with van der Waals surface area (Å²) in [6, 6.07) is 91.3. The first-order chi connectivity index (χ1) is 28.3. The second-order valence-electron chi connectivity index (χ2n) is 13.5. The standard InChI is InChI=1S/2C26H23P2.Ni/c2*1-5-13-23(14-6-1)27(24-15-7-2-8-16-24)21-22-28(25-17-9-3-10-18-25)26-19-11-4-12-20-26;/h2*1-21H,22H2;. The fourth-order valence-electron chi connectivity index (χ4n) is 7.16. The Labute approximate surface area is 350 Å². The van der Waals surface area contributed by atoms with Gasteiger partial charge in [-0.1, -0.05) is 0 Å². The first kappa shape index (κ1) is 39.8. The summed E-state index contributed by atoms with van der Waals surface area (Å²) in [5, 5.41) is 11.6. The summed E-state index contributed by atoms with van der Waals surface area (Å²) in [7, 11) is -2.81. The van der Waals surface area contributed by atoms with E-state index >= 15 is 0 Å². The Hall–Kier alpha value is -4.03. The van der Waals surface area contributed by atoms with Gasteiger partial charge in [0, 0.05) is 0 Å². The molecule has 2 atom stereocenters. The summed E-state index contributed by atoms with van der Waals surface area (Å²) in [6.45, 7) is 0. The molecule has 0 bridgehead atoms. The van der Waals surface area contributed by atoms with Crippen LogP contribution in [0.15, 0.2) is 243 Å². The minimum absolute atomic E-state index is 0.356. The van der Waals surface area contributed by atoms with E-state index < -0.39 is 31.7 Å². The van der Waals surface area contributed by atoms with Gasteiger partial charge in [-0.25, -0.2) is 0 Å². The van der Waals surface area contributed by atoms with Gasteiger partial charge in [0.05, 0.1) is 0 Å². The molecule has 0 fully saturated rings. The Morgan fingerprint density at radius 1 is 0.246 bits per heavy atom. The zero-order valence-electron chi connectivity index (χ0n) is 31.8. The molecule has 57 heavy (non-hydrogen) atoms. The van der Waals surface area contributed by atoms with Crippen LogP contribution in [0.25, 0.3) is 0 Å². The molecule has 8 aromatic rings. The van der Waals surface area contributed by atoms with Crippen molar-refractivity contribution in [1.82, 2.24) is 0 Å². The normalized spacial score (nSPS) is 12.6. The zero-order chi connectivity index (χ0) is 38.5. The Kier molecular flexibility index (Phi) is 14.4. The van der Waals surface area contributed by atoms with Gasteiger partial charge in [-0.2, -0.15) is 0 Å². The Morgan fingerprint density at radius 2 is 0.421 bits per heavy atom. The van der Waals surface area contributed by atoms with Crippen LogP contribution >= 0.6 is 31.7 Å². The van der Waals surface area contributed by atoms with Crippen LogP contribution < -0.4 is 42.4 Å². The Morgan fingerprint density at radius 3 is 0.614 bits per heavy atom. The number of hydrogen-bond donors (Lipinski definition) is 0. The summed E-state index contributed by atoms with van der Waals surface area (Å²) >= 11 is 2.01. The van der Waals surface area contributed by atoms with Gasteiger partial charge in [0.1, 0.15) is 0 Å². The first-order valence-corrected chi connectivity index (χ1v) is 26.4. The van der Waals surface area contributed by atoms with Gasteiger partial charge in [0.2, 0.25) is 0 Å². The van der Waals surface area contributed by atoms with Gasteiger partial charge >= 0.3 is 353 Å². The SMILES string of the molecule is c1ccc(P(C[CH]([Ni][CH](CP(c2ccccc2)c2ccccc2)P(c2ccccc2)c2ccccc2)P(c2ccccc2)c2ccccc2)c2ccccc2)cc1. The molecule has 0 saturated heterocycles. The second-order valence-corrected chi connectivity index (χ2v) is 25.3. The maximum atomic E-state index is 2.40. The topological polar surface area (TPSA) is 0 Å². The van der Waals surface area contributed by atoms with Crippen LogP contribution in [-0.4, -0.2) is 21.6 Å². The summed E-state index contributed by atoms with van der Waals surface area (Å²) in [6.07, 6.45) is 2.19. The molecule has 5 heteroatoms. The third-order valence-electron chi connectivity index (χ3n) is 9.82. The molecular formula is C52H46NiP4. The minimum atomic E-state index is -0.750. The van der Waals surface area contributed by atoms with Gasteiger partial charge in [-0.3, -0.25) is 0 Å². The van der Waals surface area contributed by atoms with Gasteiger partial charge in [0.15, 0.2) is 0 Å². The molecule has 0 aliphatic heterocycles. The van der Waals surface area contributed by atoms with Gasteiger partial charge in [0.25, 0.3) is 0 Å². The van der Waals surface area contributed by atoms with Crippen molar-refractivity contribution in [2.24, 2.45) is 0 Å². The number of rotatable bonds is 16. The van der Waals surface area contributed by atoms with Crippen molar-refractivity contribution in [3.8, 4) is 0 Å². The molecule has 0 aliphatic carbocycles. The van der Waals surface area contributed by atoms with Crippen molar-refractivity contribution >= 4 is 74.1 Å². The Balaban J connectivity index is 1.34. The molecule has 8 rings (SSSR count). The molecule has 0 heterocycles. The number of benzene rings is 8. The molecule has 0 amide bonds. The summed E-state index contributed by atoms with van der Waals surface area (Å²) in [4.78, 5) is 0.